The van der Waals surface area contributed by atoms with Crippen LogP contribution in [-0.4, -0.2) is 22.9 Å². The van der Waals surface area contributed by atoms with Crippen LogP contribution in [0.4, 0.5) is 11.4 Å². The van der Waals surface area contributed by atoms with Gasteiger partial charge in [0.05, 0.1) is 0 Å². The molecule has 1 aromatic rings. The third-order valence-electron chi connectivity index (χ3n) is 2.85. The highest BCUT2D eigenvalue weighted by Crippen LogP contribution is 2.27. The van der Waals surface area contributed by atoms with Gasteiger partial charge in [0.15, 0.2) is 0 Å². The Labute approximate surface area is 123 Å². The number of carbonyl (C=O) groups excluding carboxylic acids is 2. The van der Waals surface area contributed by atoms with Crippen LogP contribution in [0.25, 0.3) is 0 Å². The number of benzene rings is 1. The van der Waals surface area contributed by atoms with Gasteiger partial charge in [0.25, 0.3) is 0 Å². The second-order valence-corrected chi connectivity index (χ2v) is 5.89. The van der Waals surface area contributed by atoms with Gasteiger partial charge in [-0.25, -0.2) is 0 Å². The highest BCUT2D eigenvalue weighted by atomic mass is 16.4. The van der Waals surface area contributed by atoms with Crippen LogP contribution in [0, 0.1) is 11.3 Å². The molecule has 0 heterocycles. The topological polar surface area (TPSA) is 95.5 Å². The quantitative estimate of drug-likeness (QED) is 0.742. The maximum Gasteiger partial charge on any atom is 0.316 e. The van der Waals surface area contributed by atoms with Gasteiger partial charge in [-0.2, -0.15) is 0 Å². The highest BCUT2D eigenvalue weighted by Gasteiger charge is 2.37. The molecule has 0 aliphatic heterocycles. The summed E-state index contributed by atoms with van der Waals surface area (Å²) in [7, 11) is 0. The first kappa shape index (κ1) is 16.7. The number of hydrogen-bond acceptors (Lipinski definition) is 3. The fourth-order valence-electron chi connectivity index (χ4n) is 1.93. The van der Waals surface area contributed by atoms with E-state index in [1.54, 1.807) is 45.0 Å². The smallest absolute Gasteiger partial charge is 0.316 e. The van der Waals surface area contributed by atoms with Crippen LogP contribution in [0.1, 0.15) is 27.7 Å². The van der Waals surface area contributed by atoms with E-state index in [0.29, 0.717) is 11.4 Å². The second kappa shape index (κ2) is 6.39. The lowest BCUT2D eigenvalue weighted by molar-refractivity contribution is -0.149. The Bertz CT molecular complexity index is 544. The molecule has 21 heavy (non-hydrogen) atoms. The molecule has 1 unspecified atom stereocenters. The minimum Gasteiger partial charge on any atom is -0.481 e. The molecule has 3 N–H and O–H groups in total. The van der Waals surface area contributed by atoms with Gasteiger partial charge in [0.2, 0.25) is 11.8 Å². The lowest BCUT2D eigenvalue weighted by Gasteiger charge is -2.25. The first-order chi connectivity index (χ1) is 9.61. The average molecular weight is 292 g/mol. The Balaban J connectivity index is 2.82. The van der Waals surface area contributed by atoms with Gasteiger partial charge in [0, 0.05) is 18.3 Å². The molecule has 0 radical (unpaired) electrons. The van der Waals surface area contributed by atoms with Crippen LogP contribution in [0.2, 0.25) is 0 Å². The van der Waals surface area contributed by atoms with Crippen molar-refractivity contribution in [2.75, 3.05) is 10.6 Å². The van der Waals surface area contributed by atoms with E-state index in [2.05, 4.69) is 10.6 Å². The molecule has 0 saturated carbocycles. The van der Waals surface area contributed by atoms with E-state index in [1.807, 2.05) is 0 Å². The van der Waals surface area contributed by atoms with Crippen molar-refractivity contribution in [3.63, 3.8) is 0 Å². The van der Waals surface area contributed by atoms with Gasteiger partial charge >= 0.3 is 5.97 Å². The fraction of sp³-hybridized carbons (Fsp3) is 0.400. The maximum atomic E-state index is 12.1. The van der Waals surface area contributed by atoms with E-state index in [9.17, 15) is 19.5 Å². The molecule has 0 aliphatic rings. The molecule has 6 heteroatoms. The predicted octanol–water partition coefficient (Wildman–Crippen LogP) is 2.33. The number of rotatable bonds is 4. The Kier molecular flexibility index (Phi) is 5.07. The van der Waals surface area contributed by atoms with Gasteiger partial charge in [-0.05, 0) is 29.7 Å². The summed E-state index contributed by atoms with van der Waals surface area (Å²) in [5.41, 5.74) is 0.391. The second-order valence-electron chi connectivity index (χ2n) is 5.89. The molecular weight excluding hydrogens is 272 g/mol. The molecule has 6 nitrogen and oxygen atoms in total. The van der Waals surface area contributed by atoms with E-state index in [-0.39, 0.29) is 5.91 Å². The summed E-state index contributed by atoms with van der Waals surface area (Å²) >= 11 is 0. The minimum absolute atomic E-state index is 0.189. The lowest BCUT2D eigenvalue weighted by atomic mass is 9.80. The zero-order valence-electron chi connectivity index (χ0n) is 12.6. The highest BCUT2D eigenvalue weighted by molar-refractivity contribution is 6.05. The number of amides is 2. The third kappa shape index (κ3) is 4.91. The summed E-state index contributed by atoms with van der Waals surface area (Å²) in [4.78, 5) is 34.3. The molecule has 1 aromatic carbocycles. The Morgan fingerprint density at radius 1 is 1.00 bits per heavy atom. The molecule has 2 amide bonds. The SMILES string of the molecule is CC(=O)Nc1ccc(NC(=O)C(C(=O)O)C(C)(C)C)cc1. The zero-order chi connectivity index (χ0) is 16.2. The maximum absolute atomic E-state index is 12.1. The third-order valence-corrected chi connectivity index (χ3v) is 2.85. The van der Waals surface area contributed by atoms with Gasteiger partial charge in [0.1, 0.15) is 5.92 Å². The number of carbonyl (C=O) groups is 3. The standard InChI is InChI=1S/C15H20N2O4/c1-9(18)16-10-5-7-11(8-6-10)17-13(19)12(14(20)21)15(2,3)4/h5-8,12H,1-4H3,(H,16,18)(H,17,19)(H,20,21). The van der Waals surface area contributed by atoms with E-state index < -0.39 is 23.2 Å². The normalized spacial score (nSPS) is 12.4. The molecule has 0 aliphatic carbocycles. The Morgan fingerprint density at radius 3 is 1.76 bits per heavy atom. The molecule has 0 fully saturated rings. The number of carboxylic acid groups (broad SMARTS) is 1. The molecular formula is C15H20N2O4. The van der Waals surface area contributed by atoms with Crippen molar-refractivity contribution in [2.45, 2.75) is 27.7 Å². The first-order valence-corrected chi connectivity index (χ1v) is 6.52. The Morgan fingerprint density at radius 2 is 1.43 bits per heavy atom. The van der Waals surface area contributed by atoms with Gasteiger partial charge in [-0.1, -0.05) is 20.8 Å². The molecule has 0 bridgehead atoms. The Hall–Kier alpha value is -2.37. The molecule has 114 valence electrons. The number of hydrogen-bond donors (Lipinski definition) is 3. The van der Waals surface area contributed by atoms with E-state index in [4.69, 9.17) is 0 Å². The predicted molar refractivity (Wildman–Crippen MR) is 80.0 cm³/mol. The van der Waals surface area contributed by atoms with Crippen molar-refractivity contribution in [3.8, 4) is 0 Å². The van der Waals surface area contributed by atoms with Gasteiger partial charge in [-0.15, -0.1) is 0 Å². The van der Waals surface area contributed by atoms with Crippen LogP contribution in [0.5, 0.6) is 0 Å². The lowest BCUT2D eigenvalue weighted by Crippen LogP contribution is -2.39. The van der Waals surface area contributed by atoms with Crippen molar-refractivity contribution in [2.24, 2.45) is 11.3 Å². The molecule has 0 aromatic heterocycles. The number of nitrogens with one attached hydrogen (secondary N) is 2. The fourth-order valence-corrected chi connectivity index (χ4v) is 1.93. The van der Waals surface area contributed by atoms with Crippen LogP contribution in [0.3, 0.4) is 0 Å². The average Bonchev–Trinajstić information content (AvgIpc) is 2.28. The van der Waals surface area contributed by atoms with Gasteiger partial charge in [-0.3, -0.25) is 14.4 Å². The summed E-state index contributed by atoms with van der Waals surface area (Å²) in [6.07, 6.45) is 0. The minimum atomic E-state index is -1.16. The van der Waals surface area contributed by atoms with Crippen LogP contribution >= 0.6 is 0 Å². The van der Waals surface area contributed by atoms with Gasteiger partial charge < -0.3 is 15.7 Å². The zero-order valence-corrected chi connectivity index (χ0v) is 12.6. The first-order valence-electron chi connectivity index (χ1n) is 6.52. The van der Waals surface area contributed by atoms with E-state index >= 15 is 0 Å². The van der Waals surface area contributed by atoms with Crippen molar-refractivity contribution in [3.05, 3.63) is 24.3 Å². The largest absolute Gasteiger partial charge is 0.481 e. The van der Waals surface area contributed by atoms with Crippen molar-refractivity contribution >= 4 is 29.2 Å². The number of aliphatic carboxylic acids is 1. The molecule has 0 spiro atoms. The summed E-state index contributed by atoms with van der Waals surface area (Å²) in [6.45, 7) is 6.50. The van der Waals surface area contributed by atoms with Crippen LogP contribution in [0.15, 0.2) is 24.3 Å². The van der Waals surface area contributed by atoms with E-state index in [0.717, 1.165) is 0 Å². The number of carboxylic acids is 1. The van der Waals surface area contributed by atoms with Crippen LogP contribution < -0.4 is 10.6 Å². The molecule has 1 rings (SSSR count). The van der Waals surface area contributed by atoms with Crippen molar-refractivity contribution < 1.29 is 19.5 Å². The van der Waals surface area contributed by atoms with Crippen molar-refractivity contribution in [1.82, 2.24) is 0 Å². The number of anilines is 2. The summed E-state index contributed by atoms with van der Waals surface area (Å²) in [6, 6.07) is 6.46. The van der Waals surface area contributed by atoms with E-state index in [1.165, 1.54) is 6.92 Å². The summed E-state index contributed by atoms with van der Waals surface area (Å²) < 4.78 is 0. The monoisotopic (exact) mass is 292 g/mol. The van der Waals surface area contributed by atoms with Crippen molar-refractivity contribution in [1.29, 1.82) is 0 Å². The van der Waals surface area contributed by atoms with Crippen LogP contribution in [-0.2, 0) is 14.4 Å². The molecule has 0 saturated heterocycles. The summed E-state index contributed by atoms with van der Waals surface area (Å²) in [5, 5.41) is 14.4. The summed E-state index contributed by atoms with van der Waals surface area (Å²) in [5.74, 6) is -3.06. The molecule has 1 atom stereocenters.